The van der Waals surface area contributed by atoms with Crippen LogP contribution in [0.1, 0.15) is 22.5 Å². The molecule has 2 N–H and O–H groups in total. The predicted molar refractivity (Wildman–Crippen MR) is 136 cm³/mol. The van der Waals surface area contributed by atoms with E-state index in [9.17, 15) is 5.26 Å². The lowest BCUT2D eigenvalue weighted by Crippen LogP contribution is -2.41. The molecule has 1 unspecified atom stereocenters. The Balaban J connectivity index is 1.92. The number of hydrogen-bond acceptors (Lipinski definition) is 4. The highest BCUT2D eigenvalue weighted by molar-refractivity contribution is 6.31. The summed E-state index contributed by atoms with van der Waals surface area (Å²) in [6.45, 7) is 0. The molecule has 2 aromatic heterocycles. The van der Waals surface area contributed by atoms with Crippen LogP contribution in [0.5, 0.6) is 0 Å². The van der Waals surface area contributed by atoms with Crippen molar-refractivity contribution in [3.63, 3.8) is 0 Å². The van der Waals surface area contributed by atoms with Crippen LogP contribution in [0.4, 0.5) is 0 Å². The van der Waals surface area contributed by atoms with Crippen molar-refractivity contribution in [2.24, 2.45) is 12.8 Å². The Morgan fingerprint density at radius 1 is 0.971 bits per heavy atom. The Bertz CT molecular complexity index is 1570. The second-order valence-electron chi connectivity index (χ2n) is 8.08. The molecule has 0 fully saturated rings. The Kier molecular flexibility index (Phi) is 5.59. The summed E-state index contributed by atoms with van der Waals surface area (Å²) in [6, 6.07) is 24.7. The highest BCUT2D eigenvalue weighted by Crippen LogP contribution is 2.43. The average Bonchev–Trinajstić information content (AvgIpc) is 3.29. The molecule has 166 valence electrons. The van der Waals surface area contributed by atoms with E-state index in [0.29, 0.717) is 21.3 Å². The number of nitriles is 1. The Hall–Kier alpha value is -3.69. The first-order valence-corrected chi connectivity index (χ1v) is 11.3. The van der Waals surface area contributed by atoms with Crippen LogP contribution in [0.15, 0.2) is 85.3 Å². The second kappa shape index (κ2) is 8.58. The van der Waals surface area contributed by atoms with Gasteiger partial charge in [-0.05, 0) is 64.7 Å². The van der Waals surface area contributed by atoms with E-state index < -0.39 is 5.54 Å². The fourth-order valence-corrected chi connectivity index (χ4v) is 4.76. The molecule has 34 heavy (non-hydrogen) atoms. The maximum Gasteiger partial charge on any atom is 0.141 e. The van der Waals surface area contributed by atoms with Crippen molar-refractivity contribution in [1.82, 2.24) is 14.5 Å². The highest BCUT2D eigenvalue weighted by Gasteiger charge is 2.37. The smallest absolute Gasteiger partial charge is 0.141 e. The van der Waals surface area contributed by atoms with Crippen LogP contribution in [0, 0.1) is 11.3 Å². The van der Waals surface area contributed by atoms with E-state index in [1.165, 1.54) is 0 Å². The molecular weight excluding hydrogens is 465 g/mol. The number of fused-ring (bicyclic) bond motifs is 1. The van der Waals surface area contributed by atoms with Crippen LogP contribution in [-0.2, 0) is 12.6 Å². The zero-order chi connectivity index (χ0) is 23.9. The molecule has 0 saturated carbocycles. The molecule has 7 heteroatoms. The van der Waals surface area contributed by atoms with Gasteiger partial charge in [-0.15, -0.1) is 0 Å². The molecule has 0 spiro atoms. The number of nitrogens with two attached hydrogens (primary N) is 1. The number of nitrogens with zero attached hydrogens (tertiary/aromatic N) is 4. The lowest BCUT2D eigenvalue weighted by Gasteiger charge is -2.33. The first kappa shape index (κ1) is 22.1. The quantitative estimate of drug-likeness (QED) is 0.336. The van der Waals surface area contributed by atoms with E-state index in [1.807, 2.05) is 78.3 Å². The minimum atomic E-state index is -1.07. The molecule has 0 saturated heterocycles. The van der Waals surface area contributed by atoms with Gasteiger partial charge >= 0.3 is 0 Å². The highest BCUT2D eigenvalue weighted by atomic mass is 35.5. The van der Waals surface area contributed by atoms with Gasteiger partial charge in [0.15, 0.2) is 0 Å². The third-order valence-electron chi connectivity index (χ3n) is 6.04. The van der Waals surface area contributed by atoms with Gasteiger partial charge in [-0.25, -0.2) is 9.97 Å². The van der Waals surface area contributed by atoms with Crippen molar-refractivity contribution < 1.29 is 0 Å². The zero-order valence-corrected chi connectivity index (χ0v) is 19.7. The summed E-state index contributed by atoms with van der Waals surface area (Å²) in [7, 11) is 1.92. The van der Waals surface area contributed by atoms with Crippen molar-refractivity contribution in [3.05, 3.63) is 118 Å². The number of imidazole rings is 1. The zero-order valence-electron chi connectivity index (χ0n) is 18.2. The number of rotatable bonds is 4. The minimum absolute atomic E-state index is 0.348. The minimum Gasteiger partial charge on any atom is -0.336 e. The summed E-state index contributed by atoms with van der Waals surface area (Å²) in [6.07, 6.45) is 3.51. The molecule has 1 atom stereocenters. The molecular formula is C27H19Cl2N5. The van der Waals surface area contributed by atoms with Gasteiger partial charge < -0.3 is 10.3 Å². The Morgan fingerprint density at radius 2 is 1.76 bits per heavy atom. The number of benzene rings is 3. The number of pyridine rings is 1. The SMILES string of the molecule is Cn1cncc1C(N)(c1ccc(Cl)cc1)c1ccc2nc(C#N)ccc2c1-c1cccc(Cl)c1. The van der Waals surface area contributed by atoms with E-state index in [0.717, 1.165) is 33.3 Å². The average molecular weight is 484 g/mol. The molecule has 0 aliphatic heterocycles. The molecule has 0 aliphatic carbocycles. The fraction of sp³-hybridized carbons (Fsp3) is 0.0741. The van der Waals surface area contributed by atoms with Gasteiger partial charge in [0, 0.05) is 22.5 Å². The summed E-state index contributed by atoms with van der Waals surface area (Å²) >= 11 is 12.6. The number of halogens is 2. The molecule has 0 radical (unpaired) electrons. The molecule has 5 nitrogen and oxygen atoms in total. The number of hydrogen-bond donors (Lipinski definition) is 1. The van der Waals surface area contributed by atoms with Crippen molar-refractivity contribution in [2.75, 3.05) is 0 Å². The predicted octanol–water partition coefficient (Wildman–Crippen LogP) is 6.06. The summed E-state index contributed by atoms with van der Waals surface area (Å²) in [5.74, 6) is 0. The van der Waals surface area contributed by atoms with Crippen molar-refractivity contribution in [2.45, 2.75) is 5.54 Å². The number of aryl methyl sites for hydroxylation is 1. The third kappa shape index (κ3) is 3.63. The van der Waals surface area contributed by atoms with Crippen LogP contribution >= 0.6 is 23.2 Å². The maximum absolute atomic E-state index is 9.36. The summed E-state index contributed by atoms with van der Waals surface area (Å²) < 4.78 is 1.91. The second-order valence-corrected chi connectivity index (χ2v) is 8.95. The lowest BCUT2D eigenvalue weighted by molar-refractivity contribution is 0.598. The van der Waals surface area contributed by atoms with Gasteiger partial charge in [0.25, 0.3) is 0 Å². The molecule has 0 aliphatic rings. The first-order chi connectivity index (χ1) is 16.4. The van der Waals surface area contributed by atoms with Gasteiger partial charge in [-0.3, -0.25) is 0 Å². The molecule has 0 amide bonds. The largest absolute Gasteiger partial charge is 0.336 e. The van der Waals surface area contributed by atoms with Gasteiger partial charge in [-0.2, -0.15) is 5.26 Å². The Morgan fingerprint density at radius 3 is 2.44 bits per heavy atom. The monoisotopic (exact) mass is 483 g/mol. The van der Waals surface area contributed by atoms with Crippen molar-refractivity contribution >= 4 is 34.1 Å². The molecule has 3 aromatic carbocycles. The molecule has 5 aromatic rings. The topological polar surface area (TPSA) is 80.5 Å². The lowest BCUT2D eigenvalue weighted by atomic mass is 9.76. The van der Waals surface area contributed by atoms with E-state index in [1.54, 1.807) is 18.6 Å². The first-order valence-electron chi connectivity index (χ1n) is 10.5. The molecule has 0 bridgehead atoms. The van der Waals surface area contributed by atoms with Gasteiger partial charge in [0.1, 0.15) is 17.3 Å². The molecule has 5 rings (SSSR count). The van der Waals surface area contributed by atoms with Crippen LogP contribution in [0.2, 0.25) is 10.0 Å². The van der Waals surface area contributed by atoms with E-state index in [4.69, 9.17) is 28.9 Å². The number of aromatic nitrogens is 3. The Labute approximate surface area is 207 Å². The van der Waals surface area contributed by atoms with Crippen LogP contribution < -0.4 is 5.73 Å². The summed E-state index contributed by atoms with van der Waals surface area (Å²) in [5, 5.41) is 11.5. The van der Waals surface area contributed by atoms with Crippen molar-refractivity contribution in [1.29, 1.82) is 5.26 Å². The standard InChI is InChI=1S/C27H19Cl2N5/c1-34-16-32-15-25(34)27(31,18-5-7-19(28)8-6-18)23-11-12-24-22(10-9-21(14-30)33-24)26(23)17-3-2-4-20(29)13-17/h2-13,15-16H,31H2,1H3. The van der Waals surface area contributed by atoms with Crippen LogP contribution in [0.3, 0.4) is 0 Å². The maximum atomic E-state index is 9.36. The molecule has 2 heterocycles. The van der Waals surface area contributed by atoms with E-state index in [2.05, 4.69) is 16.0 Å². The van der Waals surface area contributed by atoms with E-state index in [-0.39, 0.29) is 0 Å². The normalized spacial score (nSPS) is 12.9. The van der Waals surface area contributed by atoms with Crippen molar-refractivity contribution in [3.8, 4) is 17.2 Å². The van der Waals surface area contributed by atoms with Crippen LogP contribution in [-0.4, -0.2) is 14.5 Å². The summed E-state index contributed by atoms with van der Waals surface area (Å²) in [4.78, 5) is 8.87. The fourth-order valence-electron chi connectivity index (χ4n) is 4.44. The van der Waals surface area contributed by atoms with Gasteiger partial charge in [-0.1, -0.05) is 53.5 Å². The van der Waals surface area contributed by atoms with Crippen LogP contribution in [0.25, 0.3) is 22.0 Å². The van der Waals surface area contributed by atoms with Gasteiger partial charge in [0.05, 0.1) is 23.7 Å². The van der Waals surface area contributed by atoms with Gasteiger partial charge in [0.2, 0.25) is 0 Å². The third-order valence-corrected chi connectivity index (χ3v) is 6.53. The summed E-state index contributed by atoms with van der Waals surface area (Å²) in [5.41, 5.74) is 11.6. The van der Waals surface area contributed by atoms with E-state index >= 15 is 0 Å².